The normalized spacial score (nSPS) is 22.7. The van der Waals surface area contributed by atoms with Gasteiger partial charge in [-0.15, -0.1) is 0 Å². The molecule has 44 heavy (non-hydrogen) atoms. The third kappa shape index (κ3) is 20.3. The van der Waals surface area contributed by atoms with Crippen molar-refractivity contribution in [2.24, 2.45) is 0 Å². The minimum atomic E-state index is -1.53. The monoisotopic (exact) mass is 632 g/mol. The van der Waals surface area contributed by atoms with E-state index in [0.717, 1.165) is 32.1 Å². The maximum Gasteiger partial charge on any atom is 0.306 e. The first-order valence-corrected chi connectivity index (χ1v) is 18.1. The molecule has 0 saturated carbocycles. The highest BCUT2D eigenvalue weighted by Crippen LogP contribution is 2.22. The third-order valence-corrected chi connectivity index (χ3v) is 8.52. The van der Waals surface area contributed by atoms with Crippen molar-refractivity contribution in [3.8, 4) is 0 Å². The van der Waals surface area contributed by atoms with Crippen molar-refractivity contribution in [2.75, 3.05) is 26.4 Å². The van der Waals surface area contributed by atoms with Gasteiger partial charge in [0.15, 0.2) is 6.29 Å². The van der Waals surface area contributed by atoms with Gasteiger partial charge in [-0.05, 0) is 12.8 Å². The van der Waals surface area contributed by atoms with E-state index in [4.69, 9.17) is 18.9 Å². The Bertz CT molecular complexity index is 648. The number of unbranched alkanes of at least 4 members (excludes halogenated alkanes) is 19. The second-order valence-corrected chi connectivity index (χ2v) is 12.7. The fourth-order valence-electron chi connectivity index (χ4n) is 5.61. The fraction of sp³-hybridized carbons (Fsp3) is 0.971. The molecule has 9 nitrogen and oxygen atoms in total. The number of carbonyl (C=O) groups is 1. The molecule has 262 valence electrons. The summed E-state index contributed by atoms with van der Waals surface area (Å²) in [7, 11) is 0. The number of ether oxygens (including phenoxy) is 4. The van der Waals surface area contributed by atoms with Gasteiger partial charge < -0.3 is 39.4 Å². The van der Waals surface area contributed by atoms with Gasteiger partial charge in [0.2, 0.25) is 0 Å². The fourth-order valence-corrected chi connectivity index (χ4v) is 5.61. The lowest BCUT2D eigenvalue weighted by molar-refractivity contribution is -0.305. The van der Waals surface area contributed by atoms with Gasteiger partial charge in [0.25, 0.3) is 0 Å². The van der Waals surface area contributed by atoms with E-state index < -0.39 is 43.4 Å². The van der Waals surface area contributed by atoms with Gasteiger partial charge in [0.05, 0.1) is 19.8 Å². The molecular formula is C35H68O9. The third-order valence-electron chi connectivity index (χ3n) is 8.52. The van der Waals surface area contributed by atoms with E-state index >= 15 is 0 Å². The average molecular weight is 633 g/mol. The Morgan fingerprint density at radius 1 is 0.636 bits per heavy atom. The molecule has 1 rings (SSSR count). The van der Waals surface area contributed by atoms with Crippen LogP contribution in [0, 0.1) is 0 Å². The number of rotatable bonds is 30. The lowest BCUT2D eigenvalue weighted by Crippen LogP contribution is -2.59. The first-order chi connectivity index (χ1) is 21.4. The molecule has 6 atom stereocenters. The molecule has 1 aliphatic heterocycles. The maximum atomic E-state index is 12.6. The van der Waals surface area contributed by atoms with E-state index in [1.807, 2.05) is 0 Å². The van der Waals surface area contributed by atoms with Gasteiger partial charge >= 0.3 is 5.97 Å². The van der Waals surface area contributed by atoms with Crippen molar-refractivity contribution in [1.82, 2.24) is 0 Å². The van der Waals surface area contributed by atoms with Crippen molar-refractivity contribution in [3.05, 3.63) is 0 Å². The van der Waals surface area contributed by atoms with Gasteiger partial charge in [0, 0.05) is 13.0 Å². The molecule has 0 spiro atoms. The van der Waals surface area contributed by atoms with Gasteiger partial charge in [-0.25, -0.2) is 0 Å². The topological polar surface area (TPSA) is 135 Å². The minimum absolute atomic E-state index is 0.107. The first-order valence-electron chi connectivity index (χ1n) is 18.1. The molecule has 0 aromatic heterocycles. The number of aliphatic hydroxyl groups is 4. The Morgan fingerprint density at radius 2 is 1.11 bits per heavy atom. The first kappa shape index (κ1) is 41.2. The van der Waals surface area contributed by atoms with Crippen LogP contribution in [0.2, 0.25) is 0 Å². The standard InChI is InChI=1S/C35H68O9/c1-3-5-7-9-11-13-14-15-16-18-20-22-24-31(37)43-29(27-41-25-23-21-19-17-12-10-8-6-4-2)28-42-35-34(40)33(39)32(38)30(26-36)44-35/h29-30,32-36,38-40H,3-28H2,1-2H3. The van der Waals surface area contributed by atoms with Crippen LogP contribution in [0.4, 0.5) is 0 Å². The molecule has 1 saturated heterocycles. The Kier molecular flexibility index (Phi) is 26.6. The lowest BCUT2D eigenvalue weighted by atomic mass is 9.99. The van der Waals surface area contributed by atoms with Crippen LogP contribution in [0.25, 0.3) is 0 Å². The zero-order valence-corrected chi connectivity index (χ0v) is 28.2. The van der Waals surface area contributed by atoms with E-state index in [0.29, 0.717) is 13.0 Å². The molecule has 9 heteroatoms. The quantitative estimate of drug-likeness (QED) is 0.0527. The van der Waals surface area contributed by atoms with Crippen LogP contribution in [0.1, 0.15) is 155 Å². The second-order valence-electron chi connectivity index (χ2n) is 12.7. The predicted molar refractivity (Wildman–Crippen MR) is 173 cm³/mol. The summed E-state index contributed by atoms with van der Waals surface area (Å²) in [5.41, 5.74) is 0. The summed E-state index contributed by atoms with van der Waals surface area (Å²) < 4.78 is 22.6. The molecule has 6 unspecified atom stereocenters. The smallest absolute Gasteiger partial charge is 0.306 e. The zero-order valence-electron chi connectivity index (χ0n) is 28.2. The summed E-state index contributed by atoms with van der Waals surface area (Å²) >= 11 is 0. The molecule has 0 aliphatic carbocycles. The number of esters is 1. The molecule has 0 amide bonds. The van der Waals surface area contributed by atoms with Gasteiger partial charge in [-0.1, -0.05) is 136 Å². The Morgan fingerprint density at radius 3 is 1.61 bits per heavy atom. The zero-order chi connectivity index (χ0) is 32.3. The second kappa shape index (κ2) is 28.4. The molecule has 1 heterocycles. The molecule has 0 bridgehead atoms. The molecule has 0 aromatic carbocycles. The van der Waals surface area contributed by atoms with Gasteiger partial charge in [-0.3, -0.25) is 4.79 Å². The number of hydrogen-bond donors (Lipinski definition) is 4. The highest BCUT2D eigenvalue weighted by molar-refractivity contribution is 5.69. The average Bonchev–Trinajstić information content (AvgIpc) is 3.02. The molecule has 1 aliphatic rings. The van der Waals surface area contributed by atoms with Crippen LogP contribution in [0.3, 0.4) is 0 Å². The summed E-state index contributed by atoms with van der Waals surface area (Å²) in [6.45, 7) is 4.54. The van der Waals surface area contributed by atoms with E-state index in [9.17, 15) is 25.2 Å². The van der Waals surface area contributed by atoms with Crippen LogP contribution in [0.15, 0.2) is 0 Å². The summed E-state index contributed by atoms with van der Waals surface area (Å²) in [5, 5.41) is 39.8. The summed E-state index contributed by atoms with van der Waals surface area (Å²) in [6.07, 6.45) is 18.4. The number of carbonyl (C=O) groups excluding carboxylic acids is 1. The summed E-state index contributed by atoms with van der Waals surface area (Å²) in [6, 6.07) is 0. The van der Waals surface area contributed by atoms with Crippen LogP contribution in [-0.4, -0.2) is 89.6 Å². The Labute approximate surface area is 268 Å². The Balaban J connectivity index is 2.35. The molecule has 4 N–H and O–H groups in total. The SMILES string of the molecule is CCCCCCCCCCCCCCC(=O)OC(COCCCCCCCCCCC)COC1OC(CO)C(O)C(O)C1O. The van der Waals surface area contributed by atoms with E-state index in [1.54, 1.807) is 0 Å². The van der Waals surface area contributed by atoms with E-state index in [-0.39, 0.29) is 19.2 Å². The lowest BCUT2D eigenvalue weighted by Gasteiger charge is -2.39. The molecule has 0 radical (unpaired) electrons. The summed E-state index contributed by atoms with van der Waals surface area (Å²) in [5.74, 6) is -0.314. The summed E-state index contributed by atoms with van der Waals surface area (Å²) in [4.78, 5) is 12.6. The number of aliphatic hydroxyl groups excluding tert-OH is 4. The number of hydrogen-bond acceptors (Lipinski definition) is 9. The van der Waals surface area contributed by atoms with Crippen molar-refractivity contribution >= 4 is 5.97 Å². The predicted octanol–water partition coefficient (Wildman–Crippen LogP) is 6.35. The molecule has 0 aromatic rings. The van der Waals surface area contributed by atoms with E-state index in [2.05, 4.69) is 13.8 Å². The van der Waals surface area contributed by atoms with Crippen molar-refractivity contribution in [3.63, 3.8) is 0 Å². The van der Waals surface area contributed by atoms with Crippen LogP contribution in [-0.2, 0) is 23.7 Å². The Hall–Kier alpha value is -0.810. The van der Waals surface area contributed by atoms with Gasteiger partial charge in [0.1, 0.15) is 30.5 Å². The highest BCUT2D eigenvalue weighted by Gasteiger charge is 2.44. The van der Waals surface area contributed by atoms with Crippen LogP contribution < -0.4 is 0 Å². The van der Waals surface area contributed by atoms with Crippen LogP contribution >= 0.6 is 0 Å². The largest absolute Gasteiger partial charge is 0.457 e. The highest BCUT2D eigenvalue weighted by atomic mass is 16.7. The van der Waals surface area contributed by atoms with Crippen molar-refractivity contribution in [2.45, 2.75) is 192 Å². The minimum Gasteiger partial charge on any atom is -0.457 e. The van der Waals surface area contributed by atoms with Crippen molar-refractivity contribution in [1.29, 1.82) is 0 Å². The maximum absolute atomic E-state index is 12.6. The van der Waals surface area contributed by atoms with E-state index in [1.165, 1.54) is 103 Å². The molecule has 1 fully saturated rings. The van der Waals surface area contributed by atoms with Crippen molar-refractivity contribution < 1.29 is 44.2 Å². The molecular weight excluding hydrogens is 564 g/mol. The van der Waals surface area contributed by atoms with Crippen LogP contribution in [0.5, 0.6) is 0 Å². The van der Waals surface area contributed by atoms with Gasteiger partial charge in [-0.2, -0.15) is 0 Å².